The first-order chi connectivity index (χ1) is 16.5. The number of nitrogens with zero attached hydrogens (tertiary/aromatic N) is 2. The molecule has 176 valence electrons. The number of urea groups is 1. The van der Waals surface area contributed by atoms with E-state index in [1.807, 2.05) is 30.5 Å². The van der Waals surface area contributed by atoms with Gasteiger partial charge in [-0.3, -0.25) is 4.98 Å². The lowest BCUT2D eigenvalue weighted by atomic mass is 9.92. The van der Waals surface area contributed by atoms with Crippen molar-refractivity contribution in [2.75, 3.05) is 26.1 Å². The van der Waals surface area contributed by atoms with Gasteiger partial charge in [-0.2, -0.15) is 0 Å². The molecular formula is C26H27ClN4O3. The van der Waals surface area contributed by atoms with E-state index >= 15 is 0 Å². The summed E-state index contributed by atoms with van der Waals surface area (Å²) in [5, 5.41) is 7.36. The summed E-state index contributed by atoms with van der Waals surface area (Å²) in [5.74, 6) is 0.832. The van der Waals surface area contributed by atoms with Gasteiger partial charge in [-0.25, -0.2) is 4.79 Å². The monoisotopic (exact) mass is 478 g/mol. The van der Waals surface area contributed by atoms with Crippen molar-refractivity contribution in [2.45, 2.75) is 19.4 Å². The molecule has 0 unspecified atom stereocenters. The lowest BCUT2D eigenvalue weighted by Gasteiger charge is -2.19. The molecule has 0 bridgehead atoms. The number of aryl methyl sites for hydroxylation is 1. The van der Waals surface area contributed by atoms with Crippen LogP contribution in [-0.4, -0.2) is 36.3 Å². The number of nitrogens with one attached hydrogen (secondary N) is 2. The minimum atomic E-state index is -0.368. The lowest BCUT2D eigenvalue weighted by molar-refractivity contribution is 0.251. The largest absolute Gasteiger partial charge is 0.495 e. The highest BCUT2D eigenvalue weighted by Gasteiger charge is 2.21. The number of anilines is 1. The molecule has 2 aromatic carbocycles. The van der Waals surface area contributed by atoms with E-state index < -0.39 is 0 Å². The SMILES string of the molecule is CCn1cc([C@H](CNC(=O)Nc2cc(Cl)c(OC)cc2OC)c2cccnc2)c2ccccc21. The van der Waals surface area contributed by atoms with Crippen molar-refractivity contribution in [3.63, 3.8) is 0 Å². The molecule has 0 aliphatic heterocycles. The molecule has 0 radical (unpaired) electrons. The third-order valence-electron chi connectivity index (χ3n) is 5.81. The van der Waals surface area contributed by atoms with Gasteiger partial charge >= 0.3 is 6.03 Å². The number of hydrogen-bond acceptors (Lipinski definition) is 4. The van der Waals surface area contributed by atoms with E-state index in [-0.39, 0.29) is 11.9 Å². The van der Waals surface area contributed by atoms with Gasteiger partial charge in [-0.1, -0.05) is 35.9 Å². The first-order valence-electron chi connectivity index (χ1n) is 11.0. The Morgan fingerprint density at radius 2 is 1.91 bits per heavy atom. The highest BCUT2D eigenvalue weighted by molar-refractivity contribution is 6.32. The van der Waals surface area contributed by atoms with E-state index in [9.17, 15) is 4.79 Å². The number of carbonyl (C=O) groups is 1. The molecule has 2 aromatic heterocycles. The topological polar surface area (TPSA) is 77.4 Å². The number of para-hydroxylation sites is 1. The van der Waals surface area contributed by atoms with Gasteiger partial charge in [0.05, 0.1) is 24.9 Å². The molecule has 2 amide bonds. The van der Waals surface area contributed by atoms with Crippen molar-refractivity contribution >= 4 is 34.2 Å². The standard InChI is InChI=1S/C26H27ClN4O3/c1-4-31-16-20(18-9-5-6-10-23(18)31)19(17-8-7-11-28-14-17)15-29-26(32)30-22-12-21(27)24(33-2)13-25(22)34-3/h5-14,16,19H,4,15H2,1-3H3,(H2,29,30,32)/t19-/m1/s1. The predicted octanol–water partition coefficient (Wildman–Crippen LogP) is 5.68. The zero-order valence-corrected chi connectivity index (χ0v) is 20.1. The zero-order valence-electron chi connectivity index (χ0n) is 19.3. The molecule has 0 spiro atoms. The number of methoxy groups -OCH3 is 2. The summed E-state index contributed by atoms with van der Waals surface area (Å²) in [6.07, 6.45) is 5.75. The highest BCUT2D eigenvalue weighted by atomic mass is 35.5. The molecule has 0 saturated heterocycles. The van der Waals surface area contributed by atoms with E-state index in [1.54, 1.807) is 18.3 Å². The van der Waals surface area contributed by atoms with Crippen molar-refractivity contribution in [1.82, 2.24) is 14.9 Å². The Morgan fingerprint density at radius 3 is 2.62 bits per heavy atom. The molecule has 0 aliphatic rings. The number of ether oxygens (including phenoxy) is 2. The smallest absolute Gasteiger partial charge is 0.319 e. The molecule has 2 N–H and O–H groups in total. The summed E-state index contributed by atoms with van der Waals surface area (Å²) in [7, 11) is 3.04. The Hall–Kier alpha value is -3.71. The maximum Gasteiger partial charge on any atom is 0.319 e. The van der Waals surface area contributed by atoms with Gasteiger partial charge in [0, 0.05) is 54.6 Å². The van der Waals surface area contributed by atoms with Crippen molar-refractivity contribution < 1.29 is 14.3 Å². The quantitative estimate of drug-likeness (QED) is 0.341. The Balaban J connectivity index is 1.60. The third kappa shape index (κ3) is 4.79. The fourth-order valence-corrected chi connectivity index (χ4v) is 4.36. The average Bonchev–Trinajstić information content (AvgIpc) is 3.24. The normalized spacial score (nSPS) is 11.8. The third-order valence-corrected chi connectivity index (χ3v) is 6.11. The van der Waals surface area contributed by atoms with Crippen LogP contribution in [0, 0.1) is 0 Å². The van der Waals surface area contributed by atoms with Crippen LogP contribution in [0.4, 0.5) is 10.5 Å². The molecule has 4 rings (SSSR count). The van der Waals surface area contributed by atoms with Gasteiger partial charge in [0.2, 0.25) is 0 Å². The van der Waals surface area contributed by atoms with Crippen LogP contribution in [0.15, 0.2) is 67.1 Å². The van der Waals surface area contributed by atoms with Gasteiger partial charge < -0.3 is 24.7 Å². The number of amides is 2. The van der Waals surface area contributed by atoms with Crippen LogP contribution in [0.1, 0.15) is 24.0 Å². The van der Waals surface area contributed by atoms with E-state index in [0.717, 1.165) is 28.6 Å². The zero-order chi connectivity index (χ0) is 24.1. The van der Waals surface area contributed by atoms with Crippen molar-refractivity contribution in [2.24, 2.45) is 0 Å². The fraction of sp³-hybridized carbons (Fsp3) is 0.231. The van der Waals surface area contributed by atoms with Crippen LogP contribution in [0.2, 0.25) is 5.02 Å². The van der Waals surface area contributed by atoms with Gasteiger partial charge in [0.25, 0.3) is 0 Å². The summed E-state index contributed by atoms with van der Waals surface area (Å²) < 4.78 is 12.8. The van der Waals surface area contributed by atoms with Crippen LogP contribution in [0.5, 0.6) is 11.5 Å². The van der Waals surface area contributed by atoms with Crippen LogP contribution in [0.3, 0.4) is 0 Å². The van der Waals surface area contributed by atoms with Gasteiger partial charge in [-0.05, 0) is 36.2 Å². The van der Waals surface area contributed by atoms with Crippen molar-refractivity contribution in [3.8, 4) is 11.5 Å². The van der Waals surface area contributed by atoms with Gasteiger partial charge in [0.1, 0.15) is 11.5 Å². The Bertz CT molecular complexity index is 1290. The van der Waals surface area contributed by atoms with E-state index in [2.05, 4.69) is 45.4 Å². The highest BCUT2D eigenvalue weighted by Crippen LogP contribution is 2.36. The molecule has 0 saturated carbocycles. The molecule has 4 aromatic rings. The second-order valence-electron chi connectivity index (χ2n) is 7.75. The summed E-state index contributed by atoms with van der Waals surface area (Å²) in [4.78, 5) is 17.2. The Kier molecular flexibility index (Phi) is 7.23. The predicted molar refractivity (Wildman–Crippen MR) is 135 cm³/mol. The summed E-state index contributed by atoms with van der Waals surface area (Å²) in [5.41, 5.74) is 3.77. The Labute approximate surface area is 203 Å². The molecule has 1 atom stereocenters. The molecular weight excluding hydrogens is 452 g/mol. The summed E-state index contributed by atoms with van der Waals surface area (Å²) in [6.45, 7) is 3.35. The number of fused-ring (bicyclic) bond motifs is 1. The number of pyridine rings is 1. The first kappa shape index (κ1) is 23.4. The van der Waals surface area contributed by atoms with E-state index in [1.165, 1.54) is 14.2 Å². The molecule has 0 fully saturated rings. The van der Waals surface area contributed by atoms with Crippen LogP contribution in [-0.2, 0) is 6.54 Å². The molecule has 8 heteroatoms. The van der Waals surface area contributed by atoms with Crippen LogP contribution in [0.25, 0.3) is 10.9 Å². The van der Waals surface area contributed by atoms with Crippen LogP contribution >= 0.6 is 11.6 Å². The maximum atomic E-state index is 12.9. The van der Waals surface area contributed by atoms with E-state index in [0.29, 0.717) is 28.8 Å². The van der Waals surface area contributed by atoms with Crippen molar-refractivity contribution in [1.29, 1.82) is 0 Å². The number of halogens is 1. The number of carbonyl (C=O) groups excluding carboxylic acids is 1. The number of aromatic nitrogens is 2. The fourth-order valence-electron chi connectivity index (χ4n) is 4.12. The second kappa shape index (κ2) is 10.5. The molecule has 2 heterocycles. The summed E-state index contributed by atoms with van der Waals surface area (Å²) in [6, 6.07) is 15.1. The average molecular weight is 479 g/mol. The lowest BCUT2D eigenvalue weighted by Crippen LogP contribution is -2.33. The molecule has 0 aliphatic carbocycles. The minimum absolute atomic E-state index is 0.0847. The van der Waals surface area contributed by atoms with E-state index in [4.69, 9.17) is 21.1 Å². The minimum Gasteiger partial charge on any atom is -0.495 e. The van der Waals surface area contributed by atoms with Gasteiger partial charge in [-0.15, -0.1) is 0 Å². The number of benzene rings is 2. The van der Waals surface area contributed by atoms with Crippen LogP contribution < -0.4 is 20.1 Å². The summed E-state index contributed by atoms with van der Waals surface area (Å²) >= 11 is 6.24. The number of rotatable bonds is 8. The Morgan fingerprint density at radius 1 is 1.12 bits per heavy atom. The van der Waals surface area contributed by atoms with Crippen molar-refractivity contribution in [3.05, 3.63) is 83.3 Å². The second-order valence-corrected chi connectivity index (χ2v) is 8.16. The first-order valence-corrected chi connectivity index (χ1v) is 11.4. The maximum absolute atomic E-state index is 12.9. The number of hydrogen-bond donors (Lipinski definition) is 2. The molecule has 34 heavy (non-hydrogen) atoms. The molecule has 7 nitrogen and oxygen atoms in total. The van der Waals surface area contributed by atoms with Gasteiger partial charge in [0.15, 0.2) is 0 Å².